The molecule has 2 N–H and O–H groups in total. The van der Waals surface area contributed by atoms with Crippen LogP contribution in [0.1, 0.15) is 15.4 Å². The zero-order chi connectivity index (χ0) is 19.6. The van der Waals surface area contributed by atoms with E-state index in [2.05, 4.69) is 15.6 Å². The van der Waals surface area contributed by atoms with Crippen molar-refractivity contribution >= 4 is 40.2 Å². The quantitative estimate of drug-likeness (QED) is 0.624. The Labute approximate surface area is 159 Å². The summed E-state index contributed by atoms with van der Waals surface area (Å²) in [6.45, 7) is 1.21. The van der Waals surface area contributed by atoms with Gasteiger partial charge in [-0.25, -0.2) is 18.2 Å². The van der Waals surface area contributed by atoms with Crippen molar-refractivity contribution in [2.24, 2.45) is 0 Å². The van der Waals surface area contributed by atoms with Crippen molar-refractivity contribution in [1.82, 2.24) is 10.3 Å². The van der Waals surface area contributed by atoms with Gasteiger partial charge in [0.15, 0.2) is 17.5 Å². The number of nitrogens with zero attached hydrogens (tertiary/aromatic N) is 1. The average molecular weight is 411 g/mol. The average Bonchev–Trinajstić information content (AvgIpc) is 3.30. The van der Waals surface area contributed by atoms with Crippen molar-refractivity contribution in [3.8, 4) is 10.6 Å². The lowest BCUT2D eigenvalue weighted by Crippen LogP contribution is -2.33. The molecule has 0 atom stereocenters. The monoisotopic (exact) mass is 411 g/mol. The van der Waals surface area contributed by atoms with Gasteiger partial charge in [0.2, 0.25) is 5.91 Å². The van der Waals surface area contributed by atoms with Crippen LogP contribution in [0.5, 0.6) is 0 Å². The summed E-state index contributed by atoms with van der Waals surface area (Å²) < 4.78 is 39.6. The maximum atomic E-state index is 13.6. The fourth-order valence-electron chi connectivity index (χ4n) is 2.17. The van der Waals surface area contributed by atoms with E-state index in [4.69, 9.17) is 0 Å². The SMILES string of the molecule is Cc1nc(-c2ccsc2)sc1C(=O)NCC(=O)Nc1ccc(F)c(F)c1F. The van der Waals surface area contributed by atoms with E-state index in [9.17, 15) is 22.8 Å². The molecule has 27 heavy (non-hydrogen) atoms. The second-order valence-electron chi connectivity index (χ2n) is 5.40. The third kappa shape index (κ3) is 4.17. The summed E-state index contributed by atoms with van der Waals surface area (Å²) in [4.78, 5) is 28.8. The molecule has 1 aromatic carbocycles. The molecule has 2 heterocycles. The number of benzene rings is 1. The van der Waals surface area contributed by atoms with Gasteiger partial charge in [0, 0.05) is 10.9 Å². The number of carbonyl (C=O) groups excluding carboxylic acids is 2. The fraction of sp³-hybridized carbons (Fsp3) is 0.118. The summed E-state index contributed by atoms with van der Waals surface area (Å²) in [5, 5.41) is 8.97. The minimum atomic E-state index is -1.68. The number of aryl methyl sites for hydroxylation is 1. The van der Waals surface area contributed by atoms with Crippen LogP contribution in [-0.2, 0) is 4.79 Å². The Morgan fingerprint density at radius 1 is 1.15 bits per heavy atom. The van der Waals surface area contributed by atoms with Crippen molar-refractivity contribution in [1.29, 1.82) is 0 Å². The third-order valence-corrected chi connectivity index (χ3v) is 5.38. The minimum absolute atomic E-state index is 0.350. The largest absolute Gasteiger partial charge is 0.342 e. The molecule has 0 spiro atoms. The molecule has 0 aliphatic heterocycles. The lowest BCUT2D eigenvalue weighted by atomic mass is 10.2. The Balaban J connectivity index is 1.62. The number of halogens is 3. The van der Waals surface area contributed by atoms with E-state index in [0.717, 1.165) is 11.6 Å². The molecule has 0 saturated heterocycles. The van der Waals surface area contributed by atoms with Gasteiger partial charge in [-0.05, 0) is 30.5 Å². The highest BCUT2D eigenvalue weighted by atomic mass is 32.1. The van der Waals surface area contributed by atoms with Gasteiger partial charge in [-0.2, -0.15) is 11.3 Å². The molecule has 10 heteroatoms. The Morgan fingerprint density at radius 3 is 2.63 bits per heavy atom. The smallest absolute Gasteiger partial charge is 0.263 e. The molecular formula is C17H12F3N3O2S2. The molecule has 3 aromatic rings. The number of nitrogens with one attached hydrogen (secondary N) is 2. The molecule has 140 valence electrons. The van der Waals surface area contributed by atoms with Crippen LogP contribution in [0.2, 0.25) is 0 Å². The zero-order valence-electron chi connectivity index (χ0n) is 13.8. The first-order valence-electron chi connectivity index (χ1n) is 7.58. The number of aromatic nitrogens is 1. The molecule has 3 rings (SSSR count). The topological polar surface area (TPSA) is 71.1 Å². The Morgan fingerprint density at radius 2 is 1.93 bits per heavy atom. The van der Waals surface area contributed by atoms with Crippen molar-refractivity contribution < 1.29 is 22.8 Å². The molecule has 0 fully saturated rings. The van der Waals surface area contributed by atoms with Crippen molar-refractivity contribution in [3.05, 3.63) is 57.0 Å². The first-order chi connectivity index (χ1) is 12.9. The minimum Gasteiger partial charge on any atom is -0.342 e. The second-order valence-corrected chi connectivity index (χ2v) is 7.18. The van der Waals surface area contributed by atoms with E-state index in [1.165, 1.54) is 22.7 Å². The molecule has 0 radical (unpaired) electrons. The van der Waals surface area contributed by atoms with Gasteiger partial charge >= 0.3 is 0 Å². The molecule has 0 bridgehead atoms. The molecule has 0 saturated carbocycles. The van der Waals surface area contributed by atoms with Gasteiger partial charge in [-0.3, -0.25) is 9.59 Å². The van der Waals surface area contributed by atoms with Crippen LogP contribution in [0, 0.1) is 24.4 Å². The van der Waals surface area contributed by atoms with Crippen LogP contribution >= 0.6 is 22.7 Å². The van der Waals surface area contributed by atoms with Crippen molar-refractivity contribution in [2.75, 3.05) is 11.9 Å². The molecule has 0 unspecified atom stereocenters. The number of anilines is 1. The van der Waals surface area contributed by atoms with E-state index in [-0.39, 0.29) is 0 Å². The van der Waals surface area contributed by atoms with Crippen LogP contribution in [0.3, 0.4) is 0 Å². The van der Waals surface area contributed by atoms with Gasteiger partial charge in [0.1, 0.15) is 9.88 Å². The summed E-state index contributed by atoms with van der Waals surface area (Å²) in [6.07, 6.45) is 0. The lowest BCUT2D eigenvalue weighted by molar-refractivity contribution is -0.115. The highest BCUT2D eigenvalue weighted by Crippen LogP contribution is 2.29. The van der Waals surface area contributed by atoms with E-state index in [1.807, 2.05) is 16.8 Å². The fourth-order valence-corrected chi connectivity index (χ4v) is 3.87. The molecule has 2 aromatic heterocycles. The second kappa shape index (κ2) is 7.89. The van der Waals surface area contributed by atoms with Gasteiger partial charge in [-0.1, -0.05) is 0 Å². The zero-order valence-corrected chi connectivity index (χ0v) is 15.4. The summed E-state index contributed by atoms with van der Waals surface area (Å²) in [5.41, 5.74) is 0.909. The Kier molecular flexibility index (Phi) is 5.57. The van der Waals surface area contributed by atoms with Crippen LogP contribution in [0.4, 0.5) is 18.9 Å². The number of amides is 2. The van der Waals surface area contributed by atoms with E-state index in [0.29, 0.717) is 21.6 Å². The van der Waals surface area contributed by atoms with Crippen molar-refractivity contribution in [3.63, 3.8) is 0 Å². The maximum absolute atomic E-state index is 13.6. The lowest BCUT2D eigenvalue weighted by Gasteiger charge is -2.08. The number of thiophene rings is 1. The summed E-state index contributed by atoms with van der Waals surface area (Å²) in [7, 11) is 0. The molecule has 2 amide bonds. The van der Waals surface area contributed by atoms with Crippen LogP contribution in [0.25, 0.3) is 10.6 Å². The molecule has 0 aliphatic carbocycles. The number of carbonyl (C=O) groups is 2. The Bertz CT molecular complexity index is 1000. The van der Waals surface area contributed by atoms with Gasteiger partial charge in [-0.15, -0.1) is 11.3 Å². The summed E-state index contributed by atoms with van der Waals surface area (Å²) in [6, 6.07) is 3.47. The summed E-state index contributed by atoms with van der Waals surface area (Å²) in [5.74, 6) is -5.84. The highest BCUT2D eigenvalue weighted by Gasteiger charge is 2.18. The maximum Gasteiger partial charge on any atom is 0.263 e. The Hall–Kier alpha value is -2.72. The van der Waals surface area contributed by atoms with Gasteiger partial charge < -0.3 is 10.6 Å². The van der Waals surface area contributed by atoms with Crippen LogP contribution < -0.4 is 10.6 Å². The van der Waals surface area contributed by atoms with Crippen LogP contribution in [0.15, 0.2) is 29.0 Å². The first kappa shape index (κ1) is 19.1. The number of hydrogen-bond donors (Lipinski definition) is 2. The molecule has 0 aliphatic rings. The normalized spacial score (nSPS) is 10.7. The number of thiazole rings is 1. The van der Waals surface area contributed by atoms with Crippen molar-refractivity contribution in [2.45, 2.75) is 6.92 Å². The first-order valence-corrected chi connectivity index (χ1v) is 9.34. The van der Waals surface area contributed by atoms with E-state index in [1.54, 1.807) is 6.92 Å². The standard InChI is InChI=1S/C17H12F3N3O2S2/c1-8-15(27-17(22-8)9-4-5-26-7-9)16(25)21-6-12(24)23-11-3-2-10(18)13(19)14(11)20/h2-5,7H,6H2,1H3,(H,21,25)(H,23,24). The highest BCUT2D eigenvalue weighted by molar-refractivity contribution is 7.17. The molecular weight excluding hydrogens is 399 g/mol. The van der Waals surface area contributed by atoms with Crippen LogP contribution in [-0.4, -0.2) is 23.3 Å². The van der Waals surface area contributed by atoms with Gasteiger partial charge in [0.25, 0.3) is 5.91 Å². The predicted molar refractivity (Wildman–Crippen MR) is 97.4 cm³/mol. The number of hydrogen-bond acceptors (Lipinski definition) is 5. The third-order valence-electron chi connectivity index (χ3n) is 3.49. The molecule has 5 nitrogen and oxygen atoms in total. The summed E-state index contributed by atoms with van der Waals surface area (Å²) >= 11 is 2.70. The predicted octanol–water partition coefficient (Wildman–Crippen LogP) is 3.97. The van der Waals surface area contributed by atoms with E-state index < -0.39 is 41.5 Å². The van der Waals surface area contributed by atoms with Gasteiger partial charge in [0.05, 0.1) is 17.9 Å². The number of rotatable bonds is 5. The van der Waals surface area contributed by atoms with E-state index >= 15 is 0 Å².